The number of carbonyl (C=O) groups is 1. The molecule has 1 rings (SSSR count). The average molecular weight is 194 g/mol. The van der Waals surface area contributed by atoms with Crippen LogP contribution < -0.4 is 5.32 Å². The maximum atomic E-state index is 11.5. The van der Waals surface area contributed by atoms with Crippen molar-refractivity contribution in [2.24, 2.45) is 0 Å². The summed E-state index contributed by atoms with van der Waals surface area (Å²) in [7, 11) is 0. The molecule has 0 aromatic carbocycles. The van der Waals surface area contributed by atoms with Crippen LogP contribution in [-0.4, -0.2) is 11.4 Å². The molecule has 1 fully saturated rings. The van der Waals surface area contributed by atoms with Crippen LogP contribution in [0.5, 0.6) is 0 Å². The monoisotopic (exact) mass is 194 g/mol. The fraction of sp³-hybridized carbons (Fsp3) is 0.818. The van der Waals surface area contributed by atoms with Crippen LogP contribution in [0.3, 0.4) is 0 Å². The zero-order chi connectivity index (χ0) is 10.4. The van der Waals surface area contributed by atoms with Gasteiger partial charge < -0.3 is 5.32 Å². The molecule has 0 radical (unpaired) electrons. The van der Waals surface area contributed by atoms with Crippen molar-refractivity contribution in [3.8, 4) is 6.07 Å². The highest BCUT2D eigenvalue weighted by molar-refractivity contribution is 5.77. The van der Waals surface area contributed by atoms with Crippen LogP contribution in [0.2, 0.25) is 0 Å². The molecule has 0 heterocycles. The minimum absolute atomic E-state index is 0.0373. The van der Waals surface area contributed by atoms with Gasteiger partial charge in [-0.15, -0.1) is 0 Å². The van der Waals surface area contributed by atoms with Gasteiger partial charge in [0.15, 0.2) is 0 Å². The minimum atomic E-state index is -0.537. The molecule has 1 aliphatic carbocycles. The largest absolute Gasteiger partial charge is 0.338 e. The summed E-state index contributed by atoms with van der Waals surface area (Å²) in [6.07, 6.45) is 6.24. The molecule has 0 saturated heterocycles. The lowest BCUT2D eigenvalue weighted by Gasteiger charge is -2.21. The van der Waals surface area contributed by atoms with E-state index in [1.54, 1.807) is 0 Å². The number of carbonyl (C=O) groups excluding carboxylic acids is 1. The molecule has 3 nitrogen and oxygen atoms in total. The SMILES string of the molecule is CCCCC(=O)NC1(C#N)CCCC1. The van der Waals surface area contributed by atoms with Crippen molar-refractivity contribution in [3.05, 3.63) is 0 Å². The third-order valence-corrected chi connectivity index (χ3v) is 2.81. The summed E-state index contributed by atoms with van der Waals surface area (Å²) in [5.41, 5.74) is -0.537. The summed E-state index contributed by atoms with van der Waals surface area (Å²) in [5.74, 6) is 0.0373. The second-order valence-electron chi connectivity index (χ2n) is 4.05. The van der Waals surface area contributed by atoms with E-state index in [2.05, 4.69) is 18.3 Å². The molecule has 3 heteroatoms. The van der Waals surface area contributed by atoms with Crippen molar-refractivity contribution in [3.63, 3.8) is 0 Å². The van der Waals surface area contributed by atoms with Gasteiger partial charge in [0.05, 0.1) is 6.07 Å². The van der Waals surface area contributed by atoms with E-state index >= 15 is 0 Å². The van der Waals surface area contributed by atoms with E-state index in [9.17, 15) is 4.79 Å². The van der Waals surface area contributed by atoms with Gasteiger partial charge in [0.25, 0.3) is 0 Å². The summed E-state index contributed by atoms with van der Waals surface area (Å²) >= 11 is 0. The van der Waals surface area contributed by atoms with Crippen molar-refractivity contribution >= 4 is 5.91 Å². The van der Waals surface area contributed by atoms with Crippen LogP contribution in [0, 0.1) is 11.3 Å². The number of hydrogen-bond donors (Lipinski definition) is 1. The van der Waals surface area contributed by atoms with Gasteiger partial charge in [0, 0.05) is 6.42 Å². The van der Waals surface area contributed by atoms with Crippen molar-refractivity contribution in [1.82, 2.24) is 5.32 Å². The first-order valence-corrected chi connectivity index (χ1v) is 5.45. The number of nitriles is 1. The summed E-state index contributed by atoms with van der Waals surface area (Å²) in [5, 5.41) is 11.9. The summed E-state index contributed by atoms with van der Waals surface area (Å²) < 4.78 is 0. The molecule has 0 aromatic rings. The molecule has 0 spiro atoms. The quantitative estimate of drug-likeness (QED) is 0.745. The molecular formula is C11H18N2O. The highest BCUT2D eigenvalue weighted by atomic mass is 16.1. The van der Waals surface area contributed by atoms with E-state index in [1.807, 2.05) is 0 Å². The Morgan fingerprint density at radius 3 is 2.64 bits per heavy atom. The van der Waals surface area contributed by atoms with E-state index < -0.39 is 5.54 Å². The molecule has 14 heavy (non-hydrogen) atoms. The molecule has 0 aromatic heterocycles. The van der Waals surface area contributed by atoms with E-state index in [-0.39, 0.29) is 5.91 Å². The van der Waals surface area contributed by atoms with Crippen LogP contribution in [0.4, 0.5) is 0 Å². The van der Waals surface area contributed by atoms with Crippen molar-refractivity contribution in [2.75, 3.05) is 0 Å². The normalized spacial score (nSPS) is 18.9. The molecular weight excluding hydrogens is 176 g/mol. The highest BCUT2D eigenvalue weighted by Gasteiger charge is 2.34. The lowest BCUT2D eigenvalue weighted by Crippen LogP contribution is -2.44. The molecule has 0 aliphatic heterocycles. The van der Waals surface area contributed by atoms with Crippen molar-refractivity contribution in [2.45, 2.75) is 57.4 Å². The standard InChI is InChI=1S/C11H18N2O/c1-2-3-6-10(14)13-11(9-12)7-4-5-8-11/h2-8H2,1H3,(H,13,14). The first-order valence-electron chi connectivity index (χ1n) is 5.45. The smallest absolute Gasteiger partial charge is 0.221 e. The Morgan fingerprint density at radius 2 is 2.14 bits per heavy atom. The number of rotatable bonds is 4. The summed E-state index contributed by atoms with van der Waals surface area (Å²) in [6, 6.07) is 2.25. The molecule has 0 bridgehead atoms. The fourth-order valence-corrected chi connectivity index (χ4v) is 1.91. The third-order valence-electron chi connectivity index (χ3n) is 2.81. The number of unbranched alkanes of at least 4 members (excludes halogenated alkanes) is 1. The number of nitrogens with zero attached hydrogens (tertiary/aromatic N) is 1. The predicted molar refractivity (Wildman–Crippen MR) is 54.5 cm³/mol. The molecule has 0 unspecified atom stereocenters. The van der Waals surface area contributed by atoms with Crippen LogP contribution in [-0.2, 0) is 4.79 Å². The van der Waals surface area contributed by atoms with Crippen LogP contribution in [0.15, 0.2) is 0 Å². The molecule has 78 valence electrons. The van der Waals surface area contributed by atoms with Gasteiger partial charge in [-0.25, -0.2) is 0 Å². The Morgan fingerprint density at radius 1 is 1.50 bits per heavy atom. The highest BCUT2D eigenvalue weighted by Crippen LogP contribution is 2.28. The van der Waals surface area contributed by atoms with Crippen LogP contribution in [0.1, 0.15) is 51.9 Å². The molecule has 1 N–H and O–H groups in total. The Bertz CT molecular complexity index is 236. The van der Waals surface area contributed by atoms with Gasteiger partial charge in [0.1, 0.15) is 5.54 Å². The van der Waals surface area contributed by atoms with Crippen molar-refractivity contribution in [1.29, 1.82) is 5.26 Å². The van der Waals surface area contributed by atoms with Crippen LogP contribution >= 0.6 is 0 Å². The van der Waals surface area contributed by atoms with Gasteiger partial charge in [-0.3, -0.25) is 4.79 Å². The number of nitrogens with one attached hydrogen (secondary N) is 1. The second-order valence-corrected chi connectivity index (χ2v) is 4.05. The molecule has 1 amide bonds. The number of hydrogen-bond acceptors (Lipinski definition) is 2. The van der Waals surface area contributed by atoms with Gasteiger partial charge >= 0.3 is 0 Å². The Kier molecular flexibility index (Phi) is 3.94. The average Bonchev–Trinajstić information content (AvgIpc) is 2.64. The van der Waals surface area contributed by atoms with Gasteiger partial charge in [0.2, 0.25) is 5.91 Å². The minimum Gasteiger partial charge on any atom is -0.338 e. The Labute approximate surface area is 85.5 Å². The first-order chi connectivity index (χ1) is 6.72. The van der Waals surface area contributed by atoms with Crippen LogP contribution in [0.25, 0.3) is 0 Å². The predicted octanol–water partition coefficient (Wildman–Crippen LogP) is 2.13. The van der Waals surface area contributed by atoms with E-state index in [0.29, 0.717) is 6.42 Å². The zero-order valence-electron chi connectivity index (χ0n) is 8.81. The van der Waals surface area contributed by atoms with E-state index in [0.717, 1.165) is 38.5 Å². The zero-order valence-corrected chi connectivity index (χ0v) is 8.81. The Hall–Kier alpha value is -1.04. The first kappa shape index (κ1) is 11.0. The lowest BCUT2D eigenvalue weighted by molar-refractivity contribution is -0.122. The van der Waals surface area contributed by atoms with Gasteiger partial charge in [-0.2, -0.15) is 5.26 Å². The van der Waals surface area contributed by atoms with Gasteiger partial charge in [-0.05, 0) is 32.1 Å². The maximum Gasteiger partial charge on any atom is 0.221 e. The Balaban J connectivity index is 2.41. The maximum absolute atomic E-state index is 11.5. The summed E-state index contributed by atoms with van der Waals surface area (Å²) in [4.78, 5) is 11.5. The number of amides is 1. The lowest BCUT2D eigenvalue weighted by atomic mass is 9.99. The van der Waals surface area contributed by atoms with E-state index in [1.165, 1.54) is 0 Å². The van der Waals surface area contributed by atoms with E-state index in [4.69, 9.17) is 5.26 Å². The molecule has 1 saturated carbocycles. The molecule has 0 atom stereocenters. The van der Waals surface area contributed by atoms with Gasteiger partial charge in [-0.1, -0.05) is 13.3 Å². The fourth-order valence-electron chi connectivity index (χ4n) is 1.91. The summed E-state index contributed by atoms with van der Waals surface area (Å²) in [6.45, 7) is 2.06. The second kappa shape index (κ2) is 4.99. The van der Waals surface area contributed by atoms with Crippen molar-refractivity contribution < 1.29 is 4.79 Å². The third kappa shape index (κ3) is 2.73. The molecule has 1 aliphatic rings. The topological polar surface area (TPSA) is 52.9 Å².